The number of aromatic nitrogens is 2. The molecule has 0 aliphatic heterocycles. The lowest BCUT2D eigenvalue weighted by atomic mass is 10.1. The molecule has 0 spiro atoms. The summed E-state index contributed by atoms with van der Waals surface area (Å²) < 4.78 is 0. The van der Waals surface area contributed by atoms with Crippen molar-refractivity contribution in [1.82, 2.24) is 9.97 Å². The lowest BCUT2D eigenvalue weighted by Gasteiger charge is -2.10. The summed E-state index contributed by atoms with van der Waals surface area (Å²) in [5, 5.41) is 23.6. The smallest absolute Gasteiger partial charge is 0.273 e. The van der Waals surface area contributed by atoms with Gasteiger partial charge in [0.15, 0.2) is 5.16 Å². The fourth-order valence-electron chi connectivity index (χ4n) is 2.71. The predicted molar refractivity (Wildman–Crippen MR) is 114 cm³/mol. The minimum atomic E-state index is -0.439. The summed E-state index contributed by atoms with van der Waals surface area (Å²) in [7, 11) is 0. The van der Waals surface area contributed by atoms with Crippen LogP contribution >= 0.6 is 11.8 Å². The Balaban J connectivity index is 1.92. The third kappa shape index (κ3) is 4.71. The van der Waals surface area contributed by atoms with Crippen molar-refractivity contribution in [2.75, 3.05) is 11.1 Å². The van der Waals surface area contributed by atoms with Crippen LogP contribution in [-0.2, 0) is 10.5 Å². The fourth-order valence-corrected chi connectivity index (χ4v) is 3.56. The molecule has 1 heterocycles. The largest absolute Gasteiger partial charge is 0.382 e. The van der Waals surface area contributed by atoms with Crippen LogP contribution < -0.4 is 11.1 Å². The van der Waals surface area contributed by atoms with Crippen LogP contribution in [0.25, 0.3) is 11.3 Å². The van der Waals surface area contributed by atoms with Gasteiger partial charge in [-0.05, 0) is 12.1 Å². The molecule has 0 fully saturated rings. The van der Waals surface area contributed by atoms with Gasteiger partial charge in [0.2, 0.25) is 5.91 Å². The van der Waals surface area contributed by atoms with Crippen molar-refractivity contribution in [2.45, 2.75) is 17.8 Å². The van der Waals surface area contributed by atoms with Crippen LogP contribution in [0.5, 0.6) is 0 Å². The Labute approximate surface area is 176 Å². The summed E-state index contributed by atoms with van der Waals surface area (Å²) in [5.41, 5.74) is 8.23. The molecule has 0 atom stereocenters. The second-order valence-corrected chi connectivity index (χ2v) is 7.10. The SMILES string of the molecule is CC(=O)Nc1ccc(-c2nc(SCc3ccccc3[N+](=O)[O-])nc(N)c2C#N)cc1. The van der Waals surface area contributed by atoms with Gasteiger partial charge in [0.1, 0.15) is 17.5 Å². The van der Waals surface area contributed by atoms with Gasteiger partial charge >= 0.3 is 0 Å². The maximum absolute atomic E-state index is 11.2. The molecule has 0 saturated carbocycles. The minimum absolute atomic E-state index is 0.0143. The normalized spacial score (nSPS) is 10.3. The highest BCUT2D eigenvalue weighted by Gasteiger charge is 2.17. The lowest BCUT2D eigenvalue weighted by Crippen LogP contribution is -2.05. The number of nitro groups is 1. The van der Waals surface area contributed by atoms with Crippen molar-refractivity contribution in [3.05, 3.63) is 69.8 Å². The van der Waals surface area contributed by atoms with Crippen molar-refractivity contribution in [3.8, 4) is 17.3 Å². The number of amides is 1. The fraction of sp³-hybridized carbons (Fsp3) is 0.100. The Hall–Kier alpha value is -3.97. The van der Waals surface area contributed by atoms with Crippen LogP contribution in [0.2, 0.25) is 0 Å². The van der Waals surface area contributed by atoms with Crippen LogP contribution in [-0.4, -0.2) is 20.8 Å². The van der Waals surface area contributed by atoms with Gasteiger partial charge in [-0.2, -0.15) is 5.26 Å². The average Bonchev–Trinajstić information content (AvgIpc) is 2.72. The molecule has 1 aromatic heterocycles. The molecule has 10 heteroatoms. The van der Waals surface area contributed by atoms with Crippen molar-refractivity contribution >= 4 is 34.9 Å². The number of carbonyl (C=O) groups excluding carboxylic acids is 1. The summed E-state index contributed by atoms with van der Waals surface area (Å²) in [6.07, 6.45) is 0. The van der Waals surface area contributed by atoms with Crippen molar-refractivity contribution < 1.29 is 9.72 Å². The van der Waals surface area contributed by atoms with E-state index < -0.39 is 4.92 Å². The maximum Gasteiger partial charge on any atom is 0.273 e. The van der Waals surface area contributed by atoms with E-state index in [2.05, 4.69) is 15.3 Å². The Morgan fingerprint density at radius 3 is 2.57 bits per heavy atom. The number of carbonyl (C=O) groups is 1. The van der Waals surface area contributed by atoms with Crippen LogP contribution in [0, 0.1) is 21.4 Å². The van der Waals surface area contributed by atoms with Gasteiger partial charge in [0.05, 0.1) is 10.6 Å². The molecule has 3 N–H and O–H groups in total. The molecular formula is C20H16N6O3S. The van der Waals surface area contributed by atoms with Gasteiger partial charge in [0.25, 0.3) is 5.69 Å². The number of hydrogen-bond donors (Lipinski definition) is 2. The molecule has 0 unspecified atom stereocenters. The topological polar surface area (TPSA) is 148 Å². The highest BCUT2D eigenvalue weighted by atomic mass is 32.2. The molecular weight excluding hydrogens is 404 g/mol. The van der Waals surface area contributed by atoms with Gasteiger partial charge in [-0.25, -0.2) is 9.97 Å². The molecule has 0 bridgehead atoms. The van der Waals surface area contributed by atoms with Gasteiger partial charge in [-0.1, -0.05) is 42.1 Å². The van der Waals surface area contributed by atoms with Crippen molar-refractivity contribution in [2.24, 2.45) is 0 Å². The molecule has 0 aliphatic rings. The summed E-state index contributed by atoms with van der Waals surface area (Å²) in [4.78, 5) is 30.5. The quantitative estimate of drug-likeness (QED) is 0.265. The molecule has 3 rings (SSSR count). The maximum atomic E-state index is 11.2. The number of anilines is 2. The summed E-state index contributed by atoms with van der Waals surface area (Å²) >= 11 is 1.19. The Kier molecular flexibility index (Phi) is 6.24. The van der Waals surface area contributed by atoms with E-state index in [0.717, 1.165) is 0 Å². The number of para-hydroxylation sites is 1. The minimum Gasteiger partial charge on any atom is -0.382 e. The number of nitrogen functional groups attached to an aromatic ring is 1. The third-order valence-corrected chi connectivity index (χ3v) is 4.95. The van der Waals surface area contributed by atoms with Gasteiger partial charge in [-0.15, -0.1) is 0 Å². The van der Waals surface area contributed by atoms with E-state index in [1.807, 2.05) is 6.07 Å². The standard InChI is InChI=1S/C20H16N6O3S/c1-12(27)23-15-8-6-13(7-9-15)18-16(10-21)19(22)25-20(24-18)30-11-14-4-2-3-5-17(14)26(28)29/h2-9H,11H2,1H3,(H,23,27)(H2,22,24,25). The van der Waals surface area contributed by atoms with Crippen molar-refractivity contribution in [1.29, 1.82) is 5.26 Å². The zero-order valence-electron chi connectivity index (χ0n) is 15.8. The van der Waals surface area contributed by atoms with Crippen LogP contribution in [0.4, 0.5) is 17.2 Å². The molecule has 0 radical (unpaired) electrons. The number of nitriles is 1. The van der Waals surface area contributed by atoms with E-state index in [1.165, 1.54) is 24.8 Å². The monoisotopic (exact) mass is 420 g/mol. The van der Waals surface area contributed by atoms with Crippen LogP contribution in [0.1, 0.15) is 18.1 Å². The first-order chi connectivity index (χ1) is 14.4. The number of nitrogens with two attached hydrogens (primary N) is 1. The van der Waals surface area contributed by atoms with Crippen molar-refractivity contribution in [3.63, 3.8) is 0 Å². The van der Waals surface area contributed by atoms with Crippen LogP contribution in [0.15, 0.2) is 53.7 Å². The molecule has 2 aromatic carbocycles. The molecule has 3 aromatic rings. The summed E-state index contributed by atoms with van der Waals surface area (Å²) in [6, 6.07) is 15.2. The molecule has 1 amide bonds. The highest BCUT2D eigenvalue weighted by Crippen LogP contribution is 2.31. The number of hydrogen-bond acceptors (Lipinski definition) is 8. The first-order valence-corrected chi connectivity index (χ1v) is 9.68. The van der Waals surface area contributed by atoms with E-state index >= 15 is 0 Å². The number of nitrogens with one attached hydrogen (secondary N) is 1. The van der Waals surface area contributed by atoms with E-state index in [9.17, 15) is 20.2 Å². The Morgan fingerprint density at radius 2 is 1.93 bits per heavy atom. The van der Waals surface area contributed by atoms with Crippen LogP contribution in [0.3, 0.4) is 0 Å². The predicted octanol–water partition coefficient (Wildman–Crippen LogP) is 3.76. The second-order valence-electron chi connectivity index (χ2n) is 6.16. The molecule has 9 nitrogen and oxygen atoms in total. The highest BCUT2D eigenvalue weighted by molar-refractivity contribution is 7.98. The molecule has 0 aliphatic carbocycles. The zero-order valence-corrected chi connectivity index (χ0v) is 16.6. The summed E-state index contributed by atoms with van der Waals surface area (Å²) in [5.74, 6) is 0.0996. The van der Waals surface area contributed by atoms with Gasteiger partial charge in [0, 0.05) is 35.6 Å². The Bertz CT molecular complexity index is 1160. The lowest BCUT2D eigenvalue weighted by molar-refractivity contribution is -0.385. The number of thioether (sulfide) groups is 1. The van der Waals surface area contributed by atoms with Gasteiger partial charge < -0.3 is 11.1 Å². The second kappa shape index (κ2) is 9.02. The average molecular weight is 420 g/mol. The first-order valence-electron chi connectivity index (χ1n) is 8.69. The number of nitrogens with zero attached hydrogens (tertiary/aromatic N) is 4. The van der Waals surface area contributed by atoms with E-state index in [4.69, 9.17) is 5.73 Å². The van der Waals surface area contributed by atoms with E-state index in [-0.39, 0.29) is 28.7 Å². The first kappa shape index (κ1) is 20.8. The van der Waals surface area contributed by atoms with E-state index in [0.29, 0.717) is 27.7 Å². The molecule has 30 heavy (non-hydrogen) atoms. The number of rotatable bonds is 6. The number of benzene rings is 2. The van der Waals surface area contributed by atoms with E-state index in [1.54, 1.807) is 42.5 Å². The Morgan fingerprint density at radius 1 is 1.23 bits per heavy atom. The van der Waals surface area contributed by atoms with Gasteiger partial charge in [-0.3, -0.25) is 14.9 Å². The third-order valence-electron chi connectivity index (χ3n) is 4.05. The summed E-state index contributed by atoms with van der Waals surface area (Å²) in [6.45, 7) is 1.41. The molecule has 150 valence electrons. The number of nitro benzene ring substituents is 1. The zero-order chi connectivity index (χ0) is 21.7. The molecule has 0 saturated heterocycles.